The van der Waals surface area contributed by atoms with Gasteiger partial charge in [-0.25, -0.2) is 9.59 Å². The number of aliphatic hydroxyl groups excluding tert-OH is 1. The summed E-state index contributed by atoms with van der Waals surface area (Å²) in [5.41, 5.74) is 14.8. The molecule has 2 heterocycles. The molecule has 2 aliphatic heterocycles. The number of carbonyl (C=O) groups is 4. The lowest BCUT2D eigenvalue weighted by Crippen LogP contribution is -2.54. The number of urea groups is 2. The zero-order chi connectivity index (χ0) is 33.9. The summed E-state index contributed by atoms with van der Waals surface area (Å²) >= 11 is 0. The molecule has 2 aromatic carbocycles. The molecule has 248 valence electrons. The molecular formula is C34H42N8O5. The van der Waals surface area contributed by atoms with Crippen LogP contribution in [0.25, 0.3) is 0 Å². The number of anilines is 2. The van der Waals surface area contributed by atoms with Crippen LogP contribution >= 0.6 is 0 Å². The maximum Gasteiger partial charge on any atom is 0.320 e. The molecule has 1 atom stereocenters. The first kappa shape index (κ1) is 34.5. The summed E-state index contributed by atoms with van der Waals surface area (Å²) in [6, 6.07) is 14.5. The third-order valence-corrected chi connectivity index (χ3v) is 7.99. The highest BCUT2D eigenvalue weighted by atomic mass is 16.3. The second-order valence-electron chi connectivity index (χ2n) is 11.6. The van der Waals surface area contributed by atoms with Crippen molar-refractivity contribution in [1.82, 2.24) is 29.4 Å². The van der Waals surface area contributed by atoms with E-state index < -0.39 is 12.0 Å². The Bertz CT molecular complexity index is 1580. The number of carbonyl (C=O) groups excluding carboxylic acids is 4. The Balaban J connectivity index is 1.15. The number of nitrogen functional groups attached to an aromatic ring is 2. The van der Waals surface area contributed by atoms with Crippen molar-refractivity contribution in [1.29, 1.82) is 0 Å². The average Bonchev–Trinajstić information content (AvgIpc) is 3.07. The van der Waals surface area contributed by atoms with E-state index in [9.17, 15) is 24.3 Å². The summed E-state index contributed by atoms with van der Waals surface area (Å²) in [5, 5.41) is 10.3. The van der Waals surface area contributed by atoms with E-state index in [1.54, 1.807) is 50.7 Å². The highest BCUT2D eigenvalue weighted by Crippen LogP contribution is 2.14. The number of nitrogens with zero attached hydrogens (tertiary/aromatic N) is 6. The first-order valence-electron chi connectivity index (χ1n) is 15.4. The summed E-state index contributed by atoms with van der Waals surface area (Å²) < 4.78 is 0. The molecule has 2 saturated heterocycles. The molecule has 2 aliphatic rings. The second-order valence-corrected chi connectivity index (χ2v) is 11.6. The minimum Gasteiger partial charge on any atom is -0.399 e. The molecule has 47 heavy (non-hydrogen) atoms. The van der Waals surface area contributed by atoms with Gasteiger partial charge in [0, 0.05) is 90.9 Å². The summed E-state index contributed by atoms with van der Waals surface area (Å²) in [6.45, 7) is 3.66. The van der Waals surface area contributed by atoms with E-state index in [-0.39, 0.29) is 37.5 Å². The standard InChI is InChI=1S/C34H42N8O5/c1-37(24-26-8-6-10-28(35)22-26)33(46)41-18-14-39(15-19-41)31(44)13-5-3-4-12-30(43)32(45)40-16-20-42(21-17-40)34(47)38(2)25-27-9-7-11-29(36)23-27/h6-11,22-23,30,43H,13-21,24-25,35-36H2,1-2H3. The SMILES string of the molecule is CN(Cc1cccc(N)c1)C(=O)N1CCN(C(=O)CC#CC#CC(O)C(=O)N2CCN(C(=O)N(C)Cc3cccc(N)c3)CC2)CC1. The van der Waals surface area contributed by atoms with E-state index in [1.807, 2.05) is 36.4 Å². The van der Waals surface area contributed by atoms with E-state index in [4.69, 9.17) is 11.5 Å². The fourth-order valence-electron chi connectivity index (χ4n) is 5.43. The van der Waals surface area contributed by atoms with Gasteiger partial charge in [-0.05, 0) is 53.2 Å². The van der Waals surface area contributed by atoms with Crippen molar-refractivity contribution in [3.8, 4) is 23.7 Å². The lowest BCUT2D eigenvalue weighted by Gasteiger charge is -2.37. The quantitative estimate of drug-likeness (QED) is 0.309. The minimum atomic E-state index is -1.56. The summed E-state index contributed by atoms with van der Waals surface area (Å²) in [5.74, 6) is 9.38. The van der Waals surface area contributed by atoms with E-state index in [0.717, 1.165) is 11.1 Å². The van der Waals surface area contributed by atoms with Crippen molar-refractivity contribution >= 4 is 35.3 Å². The first-order valence-corrected chi connectivity index (χ1v) is 15.4. The zero-order valence-corrected chi connectivity index (χ0v) is 26.9. The van der Waals surface area contributed by atoms with Crippen LogP contribution < -0.4 is 11.5 Å². The van der Waals surface area contributed by atoms with Gasteiger partial charge in [0.25, 0.3) is 5.91 Å². The van der Waals surface area contributed by atoms with Crippen molar-refractivity contribution in [3.63, 3.8) is 0 Å². The zero-order valence-electron chi connectivity index (χ0n) is 26.9. The molecule has 0 aromatic heterocycles. The molecule has 4 rings (SSSR count). The van der Waals surface area contributed by atoms with Gasteiger partial charge in [0.2, 0.25) is 5.91 Å². The van der Waals surface area contributed by atoms with Gasteiger partial charge in [0.15, 0.2) is 6.10 Å². The van der Waals surface area contributed by atoms with Crippen LogP contribution in [0.5, 0.6) is 0 Å². The molecule has 0 bridgehead atoms. The molecule has 0 radical (unpaired) electrons. The second kappa shape index (κ2) is 16.2. The van der Waals surface area contributed by atoms with Gasteiger partial charge in [-0.1, -0.05) is 30.2 Å². The molecule has 5 N–H and O–H groups in total. The number of hydrogen-bond donors (Lipinski definition) is 3. The summed E-state index contributed by atoms with van der Waals surface area (Å²) in [4.78, 5) is 60.7. The Labute approximate surface area is 275 Å². The Kier molecular flexibility index (Phi) is 11.9. The molecule has 0 spiro atoms. The van der Waals surface area contributed by atoms with E-state index in [0.29, 0.717) is 63.7 Å². The third kappa shape index (κ3) is 9.79. The minimum absolute atomic E-state index is 0.0654. The van der Waals surface area contributed by atoms with E-state index in [1.165, 1.54) is 4.90 Å². The van der Waals surface area contributed by atoms with Gasteiger partial charge >= 0.3 is 12.1 Å². The van der Waals surface area contributed by atoms with Gasteiger partial charge in [-0.3, -0.25) is 9.59 Å². The largest absolute Gasteiger partial charge is 0.399 e. The molecule has 0 saturated carbocycles. The van der Waals surface area contributed by atoms with Crippen LogP contribution in [-0.2, 0) is 22.7 Å². The lowest BCUT2D eigenvalue weighted by molar-refractivity contribution is -0.138. The van der Waals surface area contributed by atoms with Crippen LogP contribution in [0.15, 0.2) is 48.5 Å². The number of benzene rings is 2. The Morgan fingerprint density at radius 2 is 1.17 bits per heavy atom. The highest BCUT2D eigenvalue weighted by Gasteiger charge is 2.29. The normalized spacial score (nSPS) is 15.0. The molecule has 2 aromatic rings. The maximum atomic E-state index is 12.9. The predicted molar refractivity (Wildman–Crippen MR) is 178 cm³/mol. The average molecular weight is 643 g/mol. The molecular weight excluding hydrogens is 600 g/mol. The summed E-state index contributed by atoms with van der Waals surface area (Å²) in [7, 11) is 3.45. The van der Waals surface area contributed by atoms with Crippen molar-refractivity contribution in [2.45, 2.75) is 25.6 Å². The van der Waals surface area contributed by atoms with Gasteiger partial charge < -0.3 is 46.0 Å². The van der Waals surface area contributed by atoms with Crippen molar-refractivity contribution in [3.05, 3.63) is 59.7 Å². The van der Waals surface area contributed by atoms with Gasteiger partial charge in [-0.2, -0.15) is 0 Å². The van der Waals surface area contributed by atoms with E-state index >= 15 is 0 Å². The molecule has 13 heteroatoms. The maximum absolute atomic E-state index is 12.9. The van der Waals surface area contributed by atoms with Crippen LogP contribution in [-0.4, -0.2) is 131 Å². The Hall–Kier alpha value is -5.40. The van der Waals surface area contributed by atoms with Crippen molar-refractivity contribution in [2.24, 2.45) is 0 Å². The van der Waals surface area contributed by atoms with Gasteiger partial charge in [0.1, 0.15) is 0 Å². The van der Waals surface area contributed by atoms with Crippen LogP contribution in [0.2, 0.25) is 0 Å². The Morgan fingerprint density at radius 1 is 0.723 bits per heavy atom. The fourth-order valence-corrected chi connectivity index (χ4v) is 5.43. The van der Waals surface area contributed by atoms with Crippen LogP contribution in [0.4, 0.5) is 21.0 Å². The smallest absolute Gasteiger partial charge is 0.320 e. The predicted octanol–water partition coefficient (Wildman–Crippen LogP) is 0.701. The van der Waals surface area contributed by atoms with Gasteiger partial charge in [-0.15, -0.1) is 0 Å². The van der Waals surface area contributed by atoms with E-state index in [2.05, 4.69) is 23.7 Å². The fraction of sp³-hybridized carbons (Fsp3) is 0.412. The third-order valence-electron chi connectivity index (χ3n) is 7.99. The first-order chi connectivity index (χ1) is 22.5. The molecule has 13 nitrogen and oxygen atoms in total. The number of piperazine rings is 2. The molecule has 1 unspecified atom stereocenters. The molecule has 2 fully saturated rings. The topological polar surface area (TPSA) is 160 Å². The lowest BCUT2D eigenvalue weighted by atomic mass is 10.2. The Morgan fingerprint density at radius 3 is 1.64 bits per heavy atom. The molecule has 0 aliphatic carbocycles. The van der Waals surface area contributed by atoms with Crippen LogP contribution in [0.3, 0.4) is 0 Å². The highest BCUT2D eigenvalue weighted by molar-refractivity contribution is 5.84. The number of aliphatic hydroxyl groups is 1. The van der Waals surface area contributed by atoms with Crippen LogP contribution in [0.1, 0.15) is 17.5 Å². The number of nitrogens with two attached hydrogens (primary N) is 2. The summed E-state index contributed by atoms with van der Waals surface area (Å²) in [6.07, 6.45) is -1.62. The van der Waals surface area contributed by atoms with Gasteiger partial charge in [0.05, 0.1) is 6.42 Å². The number of amides is 6. The molecule has 6 amide bonds. The van der Waals surface area contributed by atoms with Crippen molar-refractivity contribution in [2.75, 3.05) is 77.9 Å². The van der Waals surface area contributed by atoms with Crippen LogP contribution in [0, 0.1) is 23.7 Å². The number of rotatable bonds is 6. The monoisotopic (exact) mass is 642 g/mol. The number of hydrogen-bond acceptors (Lipinski definition) is 7. The van der Waals surface area contributed by atoms with Crippen molar-refractivity contribution < 1.29 is 24.3 Å².